The molecule has 0 saturated heterocycles. The van der Waals surface area contributed by atoms with Crippen LogP contribution in [0.25, 0.3) is 0 Å². The van der Waals surface area contributed by atoms with Crippen molar-refractivity contribution in [2.24, 2.45) is 7.05 Å². The largest absolute Gasteiger partial charge is 0.387 e. The molecule has 0 saturated carbocycles. The second-order valence-corrected chi connectivity index (χ2v) is 4.94. The number of aliphatic hydroxyl groups excluding tert-OH is 1. The van der Waals surface area contributed by atoms with E-state index in [4.69, 9.17) is 11.6 Å². The lowest BCUT2D eigenvalue weighted by Gasteiger charge is -2.11. The third-order valence-electron chi connectivity index (χ3n) is 2.92. The highest BCUT2D eigenvalue weighted by atomic mass is 35.5. The number of aryl methyl sites for hydroxylation is 1. The van der Waals surface area contributed by atoms with Gasteiger partial charge in [0.2, 0.25) is 0 Å². The highest BCUT2D eigenvalue weighted by Crippen LogP contribution is 2.15. The van der Waals surface area contributed by atoms with Gasteiger partial charge < -0.3 is 10.4 Å². The summed E-state index contributed by atoms with van der Waals surface area (Å²) in [6.07, 6.45) is 2.27. The summed E-state index contributed by atoms with van der Waals surface area (Å²) in [6.45, 7) is 1.32. The standard InChI is InChI=1S/C14H18ClN3O/c1-18-9-7-13(17-18)6-8-16-10-14(19)11-2-4-12(15)5-3-11/h2-5,7,9,14,16,19H,6,8,10H2,1H3. The minimum atomic E-state index is -0.513. The molecule has 2 N–H and O–H groups in total. The van der Waals surface area contributed by atoms with Crippen molar-refractivity contribution in [2.75, 3.05) is 13.1 Å². The average molecular weight is 280 g/mol. The molecule has 0 spiro atoms. The molecule has 19 heavy (non-hydrogen) atoms. The van der Waals surface area contributed by atoms with Gasteiger partial charge in [-0.15, -0.1) is 0 Å². The Hall–Kier alpha value is -1.36. The minimum absolute atomic E-state index is 0.513. The first-order valence-corrected chi connectivity index (χ1v) is 6.66. The molecule has 1 atom stereocenters. The third kappa shape index (κ3) is 4.35. The smallest absolute Gasteiger partial charge is 0.0914 e. The van der Waals surface area contributed by atoms with E-state index in [1.807, 2.05) is 31.4 Å². The lowest BCUT2D eigenvalue weighted by atomic mass is 10.1. The van der Waals surface area contributed by atoms with Gasteiger partial charge >= 0.3 is 0 Å². The van der Waals surface area contributed by atoms with Gasteiger partial charge in [0.05, 0.1) is 11.8 Å². The molecular formula is C14H18ClN3O. The summed E-state index contributed by atoms with van der Waals surface area (Å²) in [4.78, 5) is 0. The molecule has 4 nitrogen and oxygen atoms in total. The first-order chi connectivity index (χ1) is 9.15. The van der Waals surface area contributed by atoms with Crippen molar-refractivity contribution in [3.05, 3.63) is 52.8 Å². The number of aromatic nitrogens is 2. The van der Waals surface area contributed by atoms with Gasteiger partial charge in [-0.1, -0.05) is 23.7 Å². The van der Waals surface area contributed by atoms with Crippen LogP contribution >= 0.6 is 11.6 Å². The number of hydrogen-bond donors (Lipinski definition) is 2. The number of aliphatic hydroxyl groups is 1. The van der Waals surface area contributed by atoms with Crippen molar-refractivity contribution in [3.8, 4) is 0 Å². The summed E-state index contributed by atoms with van der Waals surface area (Å²) in [5.74, 6) is 0. The Balaban J connectivity index is 1.72. The Morgan fingerprint density at radius 2 is 2.05 bits per heavy atom. The van der Waals surface area contributed by atoms with E-state index in [0.29, 0.717) is 11.6 Å². The molecule has 1 unspecified atom stereocenters. The molecule has 0 fully saturated rings. The molecule has 0 aliphatic heterocycles. The molecule has 1 aromatic carbocycles. The van der Waals surface area contributed by atoms with Crippen LogP contribution < -0.4 is 5.32 Å². The van der Waals surface area contributed by atoms with Crippen molar-refractivity contribution in [2.45, 2.75) is 12.5 Å². The zero-order valence-electron chi connectivity index (χ0n) is 10.9. The molecule has 2 aromatic rings. The second kappa shape index (κ2) is 6.70. The maximum Gasteiger partial charge on any atom is 0.0914 e. The first-order valence-electron chi connectivity index (χ1n) is 6.28. The quantitative estimate of drug-likeness (QED) is 0.795. The van der Waals surface area contributed by atoms with Crippen LogP contribution in [0, 0.1) is 0 Å². The number of hydrogen-bond acceptors (Lipinski definition) is 3. The molecule has 1 heterocycles. The minimum Gasteiger partial charge on any atom is -0.387 e. The Labute approximate surface area is 118 Å². The zero-order chi connectivity index (χ0) is 13.7. The topological polar surface area (TPSA) is 50.1 Å². The molecule has 1 aromatic heterocycles. The van der Waals surface area contributed by atoms with Crippen LogP contribution in [0.15, 0.2) is 36.5 Å². The third-order valence-corrected chi connectivity index (χ3v) is 3.17. The van der Waals surface area contributed by atoms with Crippen LogP contribution in [0.1, 0.15) is 17.4 Å². The van der Waals surface area contributed by atoms with Gasteiger partial charge in [-0.3, -0.25) is 4.68 Å². The molecule has 5 heteroatoms. The SMILES string of the molecule is Cn1ccc(CCNCC(O)c2ccc(Cl)cc2)n1. The van der Waals surface area contributed by atoms with Gasteiger partial charge in [-0.2, -0.15) is 5.10 Å². The lowest BCUT2D eigenvalue weighted by Crippen LogP contribution is -2.23. The Bertz CT molecular complexity index is 510. The highest BCUT2D eigenvalue weighted by Gasteiger charge is 2.06. The molecule has 0 aliphatic rings. The zero-order valence-corrected chi connectivity index (χ0v) is 11.6. The Morgan fingerprint density at radius 3 is 2.68 bits per heavy atom. The molecule has 2 rings (SSSR count). The molecule has 102 valence electrons. The van der Waals surface area contributed by atoms with Crippen molar-refractivity contribution >= 4 is 11.6 Å². The predicted octanol–water partition coefficient (Wildman–Crippen LogP) is 1.94. The number of nitrogens with zero attached hydrogens (tertiary/aromatic N) is 2. The number of rotatable bonds is 6. The monoisotopic (exact) mass is 279 g/mol. The predicted molar refractivity (Wildman–Crippen MR) is 76.2 cm³/mol. The van der Waals surface area contributed by atoms with E-state index in [9.17, 15) is 5.11 Å². The Kier molecular flexibility index (Phi) is 4.96. The van der Waals surface area contributed by atoms with E-state index >= 15 is 0 Å². The first kappa shape index (κ1) is 14.1. The van der Waals surface area contributed by atoms with Crippen LogP contribution in [0.5, 0.6) is 0 Å². The average Bonchev–Trinajstić information content (AvgIpc) is 2.81. The number of nitrogens with one attached hydrogen (secondary N) is 1. The maximum atomic E-state index is 9.99. The van der Waals surface area contributed by atoms with Crippen LogP contribution in [0.2, 0.25) is 5.02 Å². The number of benzene rings is 1. The fourth-order valence-electron chi connectivity index (χ4n) is 1.85. The number of halogens is 1. The molecule has 0 bridgehead atoms. The van der Waals surface area contributed by atoms with E-state index in [2.05, 4.69) is 10.4 Å². The summed E-state index contributed by atoms with van der Waals surface area (Å²) in [5.41, 5.74) is 1.92. The molecular weight excluding hydrogens is 262 g/mol. The van der Waals surface area contributed by atoms with Gasteiger partial charge in [0, 0.05) is 37.8 Å². The highest BCUT2D eigenvalue weighted by molar-refractivity contribution is 6.30. The van der Waals surface area contributed by atoms with Gasteiger partial charge in [-0.25, -0.2) is 0 Å². The summed E-state index contributed by atoms with van der Waals surface area (Å²) < 4.78 is 1.79. The van der Waals surface area contributed by atoms with Crippen molar-refractivity contribution in [1.29, 1.82) is 0 Å². The fourth-order valence-corrected chi connectivity index (χ4v) is 1.98. The summed E-state index contributed by atoms with van der Waals surface area (Å²) in [7, 11) is 1.90. The van der Waals surface area contributed by atoms with Crippen LogP contribution in [0.3, 0.4) is 0 Å². The molecule has 0 aliphatic carbocycles. The summed E-state index contributed by atoms with van der Waals surface area (Å²) in [6, 6.07) is 9.25. The van der Waals surface area contributed by atoms with E-state index in [0.717, 1.165) is 24.2 Å². The van der Waals surface area contributed by atoms with Gasteiger partial charge in [-0.05, 0) is 23.8 Å². The van der Waals surface area contributed by atoms with Crippen molar-refractivity contribution < 1.29 is 5.11 Å². The van der Waals surface area contributed by atoms with Crippen molar-refractivity contribution in [3.63, 3.8) is 0 Å². The fraction of sp³-hybridized carbons (Fsp3) is 0.357. The van der Waals surface area contributed by atoms with Gasteiger partial charge in [0.15, 0.2) is 0 Å². The lowest BCUT2D eigenvalue weighted by molar-refractivity contribution is 0.175. The van der Waals surface area contributed by atoms with Crippen LogP contribution in [-0.2, 0) is 13.5 Å². The van der Waals surface area contributed by atoms with E-state index in [1.54, 1.807) is 16.8 Å². The Morgan fingerprint density at radius 1 is 1.32 bits per heavy atom. The summed E-state index contributed by atoms with van der Waals surface area (Å²) in [5, 5.41) is 18.2. The summed E-state index contributed by atoms with van der Waals surface area (Å²) >= 11 is 5.81. The second-order valence-electron chi connectivity index (χ2n) is 4.50. The van der Waals surface area contributed by atoms with Gasteiger partial charge in [0.25, 0.3) is 0 Å². The van der Waals surface area contributed by atoms with Crippen LogP contribution in [-0.4, -0.2) is 28.0 Å². The van der Waals surface area contributed by atoms with Gasteiger partial charge in [0.1, 0.15) is 0 Å². The molecule has 0 radical (unpaired) electrons. The maximum absolute atomic E-state index is 9.99. The van der Waals surface area contributed by atoms with E-state index < -0.39 is 6.10 Å². The van der Waals surface area contributed by atoms with E-state index in [1.165, 1.54) is 0 Å². The normalized spacial score (nSPS) is 12.6. The van der Waals surface area contributed by atoms with E-state index in [-0.39, 0.29) is 0 Å². The van der Waals surface area contributed by atoms with Crippen LogP contribution in [0.4, 0.5) is 0 Å². The van der Waals surface area contributed by atoms with Crippen molar-refractivity contribution in [1.82, 2.24) is 15.1 Å². The molecule has 0 amide bonds.